The summed E-state index contributed by atoms with van der Waals surface area (Å²) in [5.74, 6) is 0.826. The molecule has 0 unspecified atom stereocenters. The molecule has 1 aromatic heterocycles. The van der Waals surface area contributed by atoms with Crippen molar-refractivity contribution >= 4 is 16.5 Å². The summed E-state index contributed by atoms with van der Waals surface area (Å²) < 4.78 is 1.92. The van der Waals surface area contributed by atoms with Gasteiger partial charge in [-0.2, -0.15) is 72.5 Å². The second-order valence-electron chi connectivity index (χ2n) is 12.3. The molecule has 3 nitrogen and oxygen atoms in total. The third-order valence-electron chi connectivity index (χ3n) is 7.56. The van der Waals surface area contributed by atoms with E-state index in [9.17, 15) is 0 Å². The predicted octanol–water partition coefficient (Wildman–Crippen LogP) is 11.7. The Kier molecular flexibility index (Phi) is 13.5. The van der Waals surface area contributed by atoms with E-state index in [1.807, 2.05) is 77.6 Å². The molecule has 236 valence electrons. The van der Waals surface area contributed by atoms with Crippen molar-refractivity contribution in [1.82, 2.24) is 9.78 Å². The van der Waals surface area contributed by atoms with Gasteiger partial charge in [0.15, 0.2) is 0 Å². The topological polar surface area (TPSA) is 31.9 Å². The molecule has 0 N–H and O–H groups in total. The van der Waals surface area contributed by atoms with Gasteiger partial charge in [0.25, 0.3) is 0 Å². The number of nitrogens with zero attached hydrogens (tertiary/aromatic N) is 3. The van der Waals surface area contributed by atoms with Gasteiger partial charge in [-0.25, -0.2) is 0 Å². The molecular weight excluding hydrogens is 725 g/mol. The monoisotopic (exact) mass is 771 g/mol. The fourth-order valence-corrected chi connectivity index (χ4v) is 5.04. The summed E-state index contributed by atoms with van der Waals surface area (Å²) in [5.41, 5.74) is 7.30. The Labute approximate surface area is 295 Å². The van der Waals surface area contributed by atoms with Gasteiger partial charge in [0, 0.05) is 32.0 Å². The Morgan fingerprint density at radius 3 is 1.70 bits per heavy atom. The third-order valence-corrected chi connectivity index (χ3v) is 7.56. The Bertz CT molecular complexity index is 1700. The molecular formula is C42H45HfN3-4. The van der Waals surface area contributed by atoms with Crippen LogP contribution in [0.15, 0.2) is 128 Å². The maximum Gasteiger partial charge on any atom is 0.0509 e. The quantitative estimate of drug-likeness (QED) is 0.123. The van der Waals surface area contributed by atoms with Crippen molar-refractivity contribution in [2.45, 2.75) is 58.9 Å². The molecule has 0 aliphatic carbocycles. The molecule has 5 aromatic carbocycles. The average Bonchev–Trinajstić information content (AvgIpc) is 3.53. The van der Waals surface area contributed by atoms with Crippen LogP contribution in [0.25, 0.3) is 21.8 Å². The van der Waals surface area contributed by atoms with Crippen molar-refractivity contribution in [2.24, 2.45) is 0 Å². The minimum atomic E-state index is -0.454. The van der Waals surface area contributed by atoms with Crippen LogP contribution >= 0.6 is 0 Å². The summed E-state index contributed by atoms with van der Waals surface area (Å²) in [6, 6.07) is 44.1. The minimum absolute atomic E-state index is 0. The summed E-state index contributed by atoms with van der Waals surface area (Å²) in [5, 5.41) is 12.6. The molecule has 0 atom stereocenters. The van der Waals surface area contributed by atoms with Crippen LogP contribution in [0.4, 0.5) is 5.69 Å². The molecule has 0 aliphatic rings. The number of para-hydroxylation sites is 1. The molecule has 1 heterocycles. The first kappa shape index (κ1) is 36.4. The van der Waals surface area contributed by atoms with E-state index < -0.39 is 5.54 Å². The molecule has 6 aromatic rings. The summed E-state index contributed by atoms with van der Waals surface area (Å²) >= 11 is 0. The predicted molar refractivity (Wildman–Crippen MR) is 192 cm³/mol. The van der Waals surface area contributed by atoms with Crippen molar-refractivity contribution in [2.75, 3.05) is 0 Å². The SMILES string of the molecule is CC(C)c1cccc(C(C)C)c1[N-]C(C)(C)c1ccn(-c2[c-]ccc3ccccc23)n1.[CH2-]c1ccccc1.[CH2-]c1ccccc1.[Hf]. The molecule has 0 bridgehead atoms. The van der Waals surface area contributed by atoms with E-state index in [4.69, 9.17) is 10.4 Å². The van der Waals surface area contributed by atoms with Gasteiger partial charge in [-0.15, -0.1) is 46.8 Å². The number of benzene rings is 5. The zero-order valence-electron chi connectivity index (χ0n) is 28.0. The molecule has 4 heteroatoms. The van der Waals surface area contributed by atoms with Crippen LogP contribution in [0.1, 0.15) is 81.3 Å². The number of aromatic nitrogens is 2. The Hall–Kier alpha value is -4.02. The third kappa shape index (κ3) is 9.74. The fourth-order valence-electron chi connectivity index (χ4n) is 5.04. The van der Waals surface area contributed by atoms with Gasteiger partial charge in [0.05, 0.1) is 5.69 Å². The van der Waals surface area contributed by atoms with E-state index in [1.165, 1.54) is 16.5 Å². The standard InChI is InChI=1S/C28H31N3.2C7H7.Hf/c1-19(2)22-14-10-15-23(20(3)4)27(22)29-28(5,6)26-17-18-31(30-26)25-16-9-12-21-11-7-8-13-24(21)25;2*1-7-5-3-2-4-6-7;/h7-15,17-20H,1-6H3;2*2-6H,1H2;/q-2;2*-1;. The maximum absolute atomic E-state index is 5.29. The number of fused-ring (bicyclic) bond motifs is 1. The van der Waals surface area contributed by atoms with E-state index in [1.54, 1.807) is 0 Å². The van der Waals surface area contributed by atoms with Crippen molar-refractivity contribution in [1.29, 1.82) is 0 Å². The van der Waals surface area contributed by atoms with Crippen LogP contribution in [-0.2, 0) is 31.4 Å². The first-order valence-corrected chi connectivity index (χ1v) is 15.6. The molecule has 0 spiro atoms. The van der Waals surface area contributed by atoms with Gasteiger partial charge in [0.1, 0.15) is 0 Å². The van der Waals surface area contributed by atoms with Crippen LogP contribution in [0.3, 0.4) is 0 Å². The van der Waals surface area contributed by atoms with Crippen molar-refractivity contribution in [3.8, 4) is 5.69 Å². The molecule has 46 heavy (non-hydrogen) atoms. The van der Waals surface area contributed by atoms with Crippen molar-refractivity contribution in [3.05, 3.63) is 181 Å². The van der Waals surface area contributed by atoms with Crippen LogP contribution in [-0.4, -0.2) is 9.78 Å². The largest absolute Gasteiger partial charge is 0.674 e. The fraction of sp³-hybridized carbons (Fsp3) is 0.214. The summed E-state index contributed by atoms with van der Waals surface area (Å²) in [4.78, 5) is 0. The van der Waals surface area contributed by atoms with Gasteiger partial charge in [-0.05, 0) is 23.6 Å². The first-order valence-electron chi connectivity index (χ1n) is 15.6. The number of hydrogen-bond donors (Lipinski definition) is 0. The van der Waals surface area contributed by atoms with Crippen molar-refractivity contribution < 1.29 is 25.8 Å². The van der Waals surface area contributed by atoms with E-state index in [2.05, 4.69) is 116 Å². The van der Waals surface area contributed by atoms with Gasteiger partial charge in [0.2, 0.25) is 0 Å². The molecule has 0 radical (unpaired) electrons. The average molecular weight is 770 g/mol. The first-order chi connectivity index (χ1) is 21.6. The second kappa shape index (κ2) is 17.1. The van der Waals surface area contributed by atoms with Gasteiger partial charge >= 0.3 is 0 Å². The summed E-state index contributed by atoms with van der Waals surface area (Å²) in [6.45, 7) is 20.7. The molecule has 0 saturated carbocycles. The Balaban J connectivity index is 0.000000315. The normalized spacial score (nSPS) is 10.8. The number of hydrogen-bond acceptors (Lipinski definition) is 1. The molecule has 6 rings (SSSR count). The molecule has 0 saturated heterocycles. The molecule has 0 amide bonds. The second-order valence-corrected chi connectivity index (χ2v) is 12.3. The summed E-state index contributed by atoms with van der Waals surface area (Å²) in [6.07, 6.45) is 2.02. The van der Waals surface area contributed by atoms with Crippen LogP contribution in [0, 0.1) is 19.9 Å². The number of rotatable bonds is 6. The van der Waals surface area contributed by atoms with E-state index in [-0.39, 0.29) is 25.8 Å². The van der Waals surface area contributed by atoms with Gasteiger partial charge in [-0.1, -0.05) is 107 Å². The van der Waals surface area contributed by atoms with Gasteiger partial charge < -0.3 is 5.32 Å². The zero-order valence-corrected chi connectivity index (χ0v) is 31.6. The van der Waals surface area contributed by atoms with Crippen LogP contribution in [0.5, 0.6) is 0 Å². The van der Waals surface area contributed by atoms with E-state index >= 15 is 0 Å². The Morgan fingerprint density at radius 1 is 0.674 bits per heavy atom. The van der Waals surface area contributed by atoms with Crippen LogP contribution < -0.4 is 0 Å². The zero-order chi connectivity index (χ0) is 32.4. The minimum Gasteiger partial charge on any atom is -0.674 e. The maximum atomic E-state index is 5.29. The van der Waals surface area contributed by atoms with E-state index in [0.717, 1.165) is 33.6 Å². The Morgan fingerprint density at radius 2 is 1.20 bits per heavy atom. The smallest absolute Gasteiger partial charge is 0.0509 e. The van der Waals surface area contributed by atoms with Crippen molar-refractivity contribution in [3.63, 3.8) is 0 Å². The molecule has 0 fully saturated rings. The summed E-state index contributed by atoms with van der Waals surface area (Å²) in [7, 11) is 0. The van der Waals surface area contributed by atoms with Gasteiger partial charge in [-0.3, -0.25) is 4.68 Å². The van der Waals surface area contributed by atoms with E-state index in [0.29, 0.717) is 11.8 Å². The van der Waals surface area contributed by atoms with Crippen LogP contribution in [0.2, 0.25) is 0 Å². The molecule has 0 aliphatic heterocycles.